The first-order valence-corrected chi connectivity index (χ1v) is 9.78. The van der Waals surface area contributed by atoms with E-state index in [9.17, 15) is 8.78 Å². The Morgan fingerprint density at radius 2 is 1.80 bits per heavy atom. The van der Waals surface area contributed by atoms with Crippen LogP contribution in [-0.2, 0) is 19.6 Å². The van der Waals surface area contributed by atoms with Gasteiger partial charge in [-0.15, -0.1) is 0 Å². The van der Waals surface area contributed by atoms with Crippen LogP contribution in [0.1, 0.15) is 23.6 Å². The fraction of sp³-hybridized carbons (Fsp3) is 0.409. The first kappa shape index (κ1) is 23.4. The molecule has 0 atom stereocenters. The van der Waals surface area contributed by atoms with Gasteiger partial charge >= 0.3 is 6.61 Å². The van der Waals surface area contributed by atoms with E-state index in [0.29, 0.717) is 30.4 Å². The molecule has 2 aromatic carbocycles. The summed E-state index contributed by atoms with van der Waals surface area (Å²) in [6, 6.07) is 12.9. The number of alkyl halides is 2. The van der Waals surface area contributed by atoms with Gasteiger partial charge in [-0.2, -0.15) is 8.78 Å². The van der Waals surface area contributed by atoms with Crippen molar-refractivity contribution in [1.82, 2.24) is 15.5 Å². The zero-order valence-corrected chi connectivity index (χ0v) is 17.9. The second kappa shape index (κ2) is 12.0. The molecule has 0 spiro atoms. The molecule has 0 saturated heterocycles. The summed E-state index contributed by atoms with van der Waals surface area (Å²) in [7, 11) is 5.58. The van der Waals surface area contributed by atoms with Crippen LogP contribution in [0.15, 0.2) is 47.5 Å². The van der Waals surface area contributed by atoms with Crippen LogP contribution in [0.3, 0.4) is 0 Å². The van der Waals surface area contributed by atoms with Crippen LogP contribution in [0, 0.1) is 0 Å². The van der Waals surface area contributed by atoms with Crippen molar-refractivity contribution in [2.75, 3.05) is 27.7 Å². The Kier molecular flexibility index (Phi) is 9.34. The molecule has 30 heavy (non-hydrogen) atoms. The maximum Gasteiger partial charge on any atom is 0.387 e. The lowest BCUT2D eigenvalue weighted by molar-refractivity contribution is -0.0504. The number of nitrogens with zero attached hydrogens (tertiary/aromatic N) is 2. The molecule has 8 heteroatoms. The number of hydrogen-bond donors (Lipinski definition) is 2. The Bertz CT molecular complexity index is 829. The molecule has 0 saturated carbocycles. The predicted molar refractivity (Wildman–Crippen MR) is 115 cm³/mol. The Morgan fingerprint density at radius 1 is 1.07 bits per heavy atom. The van der Waals surface area contributed by atoms with Gasteiger partial charge in [0.15, 0.2) is 5.96 Å². The number of benzene rings is 2. The number of halogens is 2. The van der Waals surface area contributed by atoms with Crippen molar-refractivity contribution in [3.8, 4) is 11.5 Å². The first-order valence-electron chi connectivity index (χ1n) is 9.78. The van der Waals surface area contributed by atoms with Crippen LogP contribution >= 0.6 is 0 Å². The monoisotopic (exact) mass is 420 g/mol. The van der Waals surface area contributed by atoms with E-state index in [1.165, 1.54) is 24.3 Å². The third-order valence-electron chi connectivity index (χ3n) is 4.29. The summed E-state index contributed by atoms with van der Waals surface area (Å²) >= 11 is 0. The molecule has 0 aliphatic heterocycles. The highest BCUT2D eigenvalue weighted by molar-refractivity contribution is 5.79. The predicted octanol–water partition coefficient (Wildman–Crippen LogP) is 3.61. The smallest absolute Gasteiger partial charge is 0.387 e. The van der Waals surface area contributed by atoms with Gasteiger partial charge in [0, 0.05) is 25.2 Å². The average Bonchev–Trinajstić information content (AvgIpc) is 2.71. The number of methoxy groups -OCH3 is 1. The molecule has 2 rings (SSSR count). The molecular formula is C22H30F2N4O2. The Morgan fingerprint density at radius 3 is 2.43 bits per heavy atom. The van der Waals surface area contributed by atoms with Crippen molar-refractivity contribution >= 4 is 5.96 Å². The van der Waals surface area contributed by atoms with Gasteiger partial charge in [0.05, 0.1) is 13.7 Å². The maximum absolute atomic E-state index is 12.7. The third-order valence-corrected chi connectivity index (χ3v) is 4.29. The number of nitrogens with one attached hydrogen (secondary N) is 2. The third kappa shape index (κ3) is 7.51. The van der Waals surface area contributed by atoms with Crippen molar-refractivity contribution in [3.63, 3.8) is 0 Å². The Labute approximate surface area is 176 Å². The molecule has 0 aliphatic rings. The lowest BCUT2D eigenvalue weighted by atomic mass is 10.1. The summed E-state index contributed by atoms with van der Waals surface area (Å²) in [6.07, 6.45) is 0. The van der Waals surface area contributed by atoms with Gasteiger partial charge in [0.1, 0.15) is 11.5 Å². The van der Waals surface area contributed by atoms with Crippen LogP contribution in [0.4, 0.5) is 8.78 Å². The molecule has 2 N–H and O–H groups in total. The van der Waals surface area contributed by atoms with Gasteiger partial charge < -0.3 is 25.0 Å². The van der Waals surface area contributed by atoms with Crippen LogP contribution in [-0.4, -0.2) is 45.2 Å². The standard InChI is InChI=1S/C22H30F2N4O2/c1-5-25-22(26-13-16-8-6-7-9-17(16)15-28(2)3)27-14-18-12-19(29-4)10-11-20(18)30-21(23)24/h6-12,21H,5,13-15H2,1-4H3,(H2,25,26,27). The molecular weight excluding hydrogens is 390 g/mol. The van der Waals surface area contributed by atoms with Gasteiger partial charge in [0.2, 0.25) is 0 Å². The molecule has 164 valence electrons. The maximum atomic E-state index is 12.7. The topological polar surface area (TPSA) is 58.1 Å². The van der Waals surface area contributed by atoms with E-state index in [2.05, 4.69) is 37.4 Å². The Balaban J connectivity index is 2.15. The first-order chi connectivity index (χ1) is 14.4. The molecule has 0 aromatic heterocycles. The SMILES string of the molecule is CCNC(=NCc1cc(OC)ccc1OC(F)F)NCc1ccccc1CN(C)C. The zero-order chi connectivity index (χ0) is 21.9. The van der Waals surface area contributed by atoms with E-state index < -0.39 is 6.61 Å². The number of hydrogen-bond acceptors (Lipinski definition) is 4. The highest BCUT2D eigenvalue weighted by Gasteiger charge is 2.11. The van der Waals surface area contributed by atoms with Gasteiger partial charge in [-0.25, -0.2) is 4.99 Å². The van der Waals surface area contributed by atoms with E-state index in [1.807, 2.05) is 33.2 Å². The molecule has 0 unspecified atom stereocenters. The number of rotatable bonds is 10. The van der Waals surface area contributed by atoms with Gasteiger partial charge in [-0.1, -0.05) is 24.3 Å². The minimum absolute atomic E-state index is 0.0849. The summed E-state index contributed by atoms with van der Waals surface area (Å²) in [5, 5.41) is 6.49. The van der Waals surface area contributed by atoms with Crippen molar-refractivity contribution in [2.24, 2.45) is 4.99 Å². The van der Waals surface area contributed by atoms with Crippen molar-refractivity contribution < 1.29 is 18.3 Å². The lowest BCUT2D eigenvalue weighted by Crippen LogP contribution is -2.37. The van der Waals surface area contributed by atoms with E-state index in [-0.39, 0.29) is 12.3 Å². The highest BCUT2D eigenvalue weighted by Crippen LogP contribution is 2.26. The van der Waals surface area contributed by atoms with Crippen molar-refractivity contribution in [1.29, 1.82) is 0 Å². The van der Waals surface area contributed by atoms with Crippen LogP contribution in [0.5, 0.6) is 11.5 Å². The molecule has 2 aromatic rings. The molecule has 0 fully saturated rings. The summed E-state index contributed by atoms with van der Waals surface area (Å²) in [4.78, 5) is 6.65. The largest absolute Gasteiger partial charge is 0.497 e. The fourth-order valence-electron chi connectivity index (χ4n) is 2.93. The van der Waals surface area contributed by atoms with Crippen LogP contribution in [0.25, 0.3) is 0 Å². The average molecular weight is 421 g/mol. The number of ether oxygens (including phenoxy) is 2. The summed E-state index contributed by atoms with van der Waals surface area (Å²) in [6.45, 7) is 1.32. The van der Waals surface area contributed by atoms with Crippen molar-refractivity contribution in [2.45, 2.75) is 33.2 Å². The van der Waals surface area contributed by atoms with E-state index in [0.717, 1.165) is 6.54 Å². The number of guanidine groups is 1. The van der Waals surface area contributed by atoms with E-state index in [4.69, 9.17) is 4.74 Å². The minimum atomic E-state index is -2.90. The highest BCUT2D eigenvalue weighted by atomic mass is 19.3. The normalized spacial score (nSPS) is 11.7. The van der Waals surface area contributed by atoms with E-state index >= 15 is 0 Å². The molecule has 0 bridgehead atoms. The molecule has 0 heterocycles. The molecule has 0 radical (unpaired) electrons. The minimum Gasteiger partial charge on any atom is -0.497 e. The van der Waals surface area contributed by atoms with Gasteiger partial charge in [-0.05, 0) is 50.3 Å². The molecule has 0 aliphatic carbocycles. The summed E-state index contributed by atoms with van der Waals surface area (Å²) in [5.41, 5.74) is 2.91. The van der Waals surface area contributed by atoms with E-state index in [1.54, 1.807) is 12.1 Å². The zero-order valence-electron chi connectivity index (χ0n) is 17.9. The molecule has 6 nitrogen and oxygen atoms in total. The quantitative estimate of drug-likeness (QED) is 0.454. The Hall–Kier alpha value is -2.87. The second-order valence-corrected chi connectivity index (χ2v) is 6.91. The number of aliphatic imine (C=N–C) groups is 1. The lowest BCUT2D eigenvalue weighted by Gasteiger charge is -2.17. The van der Waals surface area contributed by atoms with Crippen LogP contribution in [0.2, 0.25) is 0 Å². The molecule has 0 amide bonds. The van der Waals surface area contributed by atoms with Crippen molar-refractivity contribution in [3.05, 3.63) is 59.2 Å². The van der Waals surface area contributed by atoms with Gasteiger partial charge in [-0.3, -0.25) is 0 Å². The summed E-state index contributed by atoms with van der Waals surface area (Å²) in [5.74, 6) is 1.22. The van der Waals surface area contributed by atoms with Gasteiger partial charge in [0.25, 0.3) is 0 Å². The van der Waals surface area contributed by atoms with Crippen LogP contribution < -0.4 is 20.1 Å². The second-order valence-electron chi connectivity index (χ2n) is 6.91. The fourth-order valence-corrected chi connectivity index (χ4v) is 2.93. The summed E-state index contributed by atoms with van der Waals surface area (Å²) < 4.78 is 35.3.